The third-order valence-corrected chi connectivity index (χ3v) is 7.00. The van der Waals surface area contributed by atoms with Crippen LogP contribution in [-0.2, 0) is 22.6 Å². The molecule has 2 N–H and O–H groups in total. The molecule has 0 saturated carbocycles. The molecular formula is C21H20N4O4S. The van der Waals surface area contributed by atoms with Crippen LogP contribution in [0.4, 0.5) is 5.00 Å². The molecule has 3 aliphatic rings. The number of benzene rings is 1. The summed E-state index contributed by atoms with van der Waals surface area (Å²) in [7, 11) is 1.62. The van der Waals surface area contributed by atoms with Gasteiger partial charge in [0.2, 0.25) is 11.8 Å². The van der Waals surface area contributed by atoms with Crippen LogP contribution in [0, 0.1) is 0 Å². The first kappa shape index (κ1) is 18.8. The minimum absolute atomic E-state index is 0.0359. The number of carbonyl (C=O) groups is 4. The zero-order valence-electron chi connectivity index (χ0n) is 16.4. The first-order valence-corrected chi connectivity index (χ1v) is 10.6. The lowest BCUT2D eigenvalue weighted by Crippen LogP contribution is -2.38. The molecular weight excluding hydrogens is 404 g/mol. The minimum Gasteiger partial charge on any atom is -0.345 e. The van der Waals surface area contributed by atoms with Crippen molar-refractivity contribution in [2.75, 3.05) is 25.5 Å². The van der Waals surface area contributed by atoms with Gasteiger partial charge in [-0.05, 0) is 23.6 Å². The van der Waals surface area contributed by atoms with Gasteiger partial charge in [-0.2, -0.15) is 0 Å². The van der Waals surface area contributed by atoms with Crippen molar-refractivity contribution in [3.8, 4) is 0 Å². The summed E-state index contributed by atoms with van der Waals surface area (Å²) in [6.07, 6.45) is 0.761. The molecule has 0 saturated heterocycles. The van der Waals surface area contributed by atoms with Crippen LogP contribution >= 0.6 is 11.3 Å². The molecule has 1 aromatic heterocycles. The number of anilines is 1. The molecule has 1 aromatic carbocycles. The molecule has 1 atom stereocenters. The quantitative estimate of drug-likeness (QED) is 0.764. The normalized spacial score (nSPS) is 20.2. The lowest BCUT2D eigenvalue weighted by Gasteiger charge is -2.28. The van der Waals surface area contributed by atoms with Crippen LogP contribution < -0.4 is 10.6 Å². The molecule has 0 aliphatic carbocycles. The van der Waals surface area contributed by atoms with Crippen LogP contribution in [0.2, 0.25) is 0 Å². The average Bonchev–Trinajstić information content (AvgIpc) is 3.20. The molecule has 0 radical (unpaired) electrons. The average molecular weight is 424 g/mol. The Bertz CT molecular complexity index is 1110. The van der Waals surface area contributed by atoms with Gasteiger partial charge in [0.1, 0.15) is 5.00 Å². The van der Waals surface area contributed by atoms with Crippen molar-refractivity contribution < 1.29 is 19.2 Å². The van der Waals surface area contributed by atoms with Crippen molar-refractivity contribution in [3.05, 3.63) is 51.4 Å². The summed E-state index contributed by atoms with van der Waals surface area (Å²) in [6, 6.07) is 7.00. The molecule has 5 rings (SSSR count). The molecule has 0 bridgehead atoms. The molecule has 9 heteroatoms. The number of fused-ring (bicyclic) bond motifs is 4. The number of thiophene rings is 1. The second-order valence-electron chi connectivity index (χ2n) is 7.80. The van der Waals surface area contributed by atoms with Gasteiger partial charge in [-0.3, -0.25) is 19.2 Å². The molecule has 0 spiro atoms. The number of hydrogen-bond donors (Lipinski definition) is 2. The summed E-state index contributed by atoms with van der Waals surface area (Å²) in [6.45, 7) is 0.942. The predicted molar refractivity (Wildman–Crippen MR) is 110 cm³/mol. The Morgan fingerprint density at radius 1 is 1.20 bits per heavy atom. The van der Waals surface area contributed by atoms with Crippen molar-refractivity contribution >= 4 is 40.0 Å². The van der Waals surface area contributed by atoms with Crippen LogP contribution in [0.5, 0.6) is 0 Å². The summed E-state index contributed by atoms with van der Waals surface area (Å²) in [5.74, 6) is -0.568. The number of likely N-dealkylation sites (N-methyl/N-ethyl adjacent to an activating group) is 1. The maximum atomic E-state index is 13.0. The van der Waals surface area contributed by atoms with Crippen LogP contribution in [0.25, 0.3) is 0 Å². The van der Waals surface area contributed by atoms with E-state index in [2.05, 4.69) is 10.6 Å². The van der Waals surface area contributed by atoms with Gasteiger partial charge in [-0.1, -0.05) is 18.2 Å². The summed E-state index contributed by atoms with van der Waals surface area (Å²) in [5.41, 5.74) is 2.97. The Morgan fingerprint density at radius 3 is 2.83 bits per heavy atom. The molecule has 30 heavy (non-hydrogen) atoms. The molecule has 3 aliphatic heterocycles. The van der Waals surface area contributed by atoms with Crippen molar-refractivity contribution in [2.45, 2.75) is 25.4 Å². The Kier molecular flexibility index (Phi) is 4.35. The van der Waals surface area contributed by atoms with Crippen LogP contribution in [-0.4, -0.2) is 53.6 Å². The van der Waals surface area contributed by atoms with E-state index in [9.17, 15) is 19.2 Å². The third-order valence-electron chi connectivity index (χ3n) is 5.87. The Balaban J connectivity index is 1.35. The van der Waals surface area contributed by atoms with E-state index in [0.29, 0.717) is 35.6 Å². The van der Waals surface area contributed by atoms with Crippen LogP contribution in [0.3, 0.4) is 0 Å². The number of hydrogen-bond acceptors (Lipinski definition) is 5. The van der Waals surface area contributed by atoms with Gasteiger partial charge in [0.25, 0.3) is 11.8 Å². The number of carbonyl (C=O) groups excluding carboxylic acids is 4. The maximum Gasteiger partial charge on any atom is 0.257 e. The van der Waals surface area contributed by atoms with Crippen LogP contribution in [0.15, 0.2) is 24.3 Å². The van der Waals surface area contributed by atoms with Gasteiger partial charge < -0.3 is 20.4 Å². The van der Waals surface area contributed by atoms with E-state index >= 15 is 0 Å². The second kappa shape index (κ2) is 6.94. The molecule has 8 nitrogen and oxygen atoms in total. The summed E-state index contributed by atoms with van der Waals surface area (Å²) in [5, 5.41) is 6.29. The third kappa shape index (κ3) is 2.97. The fourth-order valence-corrected chi connectivity index (χ4v) is 5.63. The highest BCUT2D eigenvalue weighted by atomic mass is 32.1. The van der Waals surface area contributed by atoms with Gasteiger partial charge in [0.15, 0.2) is 0 Å². The van der Waals surface area contributed by atoms with Gasteiger partial charge in [-0.25, -0.2) is 0 Å². The topological polar surface area (TPSA) is 98.8 Å². The van der Waals surface area contributed by atoms with Crippen molar-refractivity contribution in [2.24, 2.45) is 0 Å². The van der Waals surface area contributed by atoms with E-state index in [1.807, 2.05) is 18.2 Å². The lowest BCUT2D eigenvalue weighted by molar-refractivity contribution is -0.132. The van der Waals surface area contributed by atoms with Gasteiger partial charge >= 0.3 is 0 Å². The highest BCUT2D eigenvalue weighted by Crippen LogP contribution is 2.39. The number of nitrogens with zero attached hydrogens (tertiary/aromatic N) is 2. The van der Waals surface area contributed by atoms with Gasteiger partial charge in [0.05, 0.1) is 31.1 Å². The second-order valence-corrected chi connectivity index (χ2v) is 8.91. The summed E-state index contributed by atoms with van der Waals surface area (Å²) in [4.78, 5) is 54.0. The largest absolute Gasteiger partial charge is 0.345 e. The van der Waals surface area contributed by atoms with Crippen molar-refractivity contribution in [1.29, 1.82) is 0 Å². The molecule has 0 fully saturated rings. The molecule has 4 amide bonds. The monoisotopic (exact) mass is 424 g/mol. The SMILES string of the molecule is CN1CC(=O)Nc2sc3c(c2C1=O)CCN(C(=O)CC1NC(=O)c2ccccc21)C3. The highest BCUT2D eigenvalue weighted by Gasteiger charge is 2.35. The Hall–Kier alpha value is -3.20. The number of amides is 4. The fraction of sp³-hybridized carbons (Fsp3) is 0.333. The maximum absolute atomic E-state index is 13.0. The number of rotatable bonds is 2. The van der Waals surface area contributed by atoms with E-state index in [1.165, 1.54) is 16.2 Å². The fourth-order valence-electron chi connectivity index (χ4n) is 4.36. The van der Waals surface area contributed by atoms with E-state index in [4.69, 9.17) is 0 Å². The standard InChI is InChI=1S/C21H20N4O4S/c1-24-10-16(26)23-20-18(21(24)29)13-6-7-25(9-15(13)30-20)17(27)8-14-11-4-2-3-5-12(11)19(28)22-14/h2-5,14H,6-10H2,1H3,(H,22,28)(H,23,26). The molecule has 154 valence electrons. The Labute approximate surface area is 176 Å². The summed E-state index contributed by atoms with van der Waals surface area (Å²) >= 11 is 1.37. The van der Waals surface area contributed by atoms with Crippen molar-refractivity contribution in [3.63, 3.8) is 0 Å². The molecule has 2 aromatic rings. The van der Waals surface area contributed by atoms with E-state index in [1.54, 1.807) is 18.0 Å². The van der Waals surface area contributed by atoms with E-state index < -0.39 is 0 Å². The zero-order valence-corrected chi connectivity index (χ0v) is 17.2. The van der Waals surface area contributed by atoms with E-state index in [-0.39, 0.29) is 42.6 Å². The highest BCUT2D eigenvalue weighted by molar-refractivity contribution is 7.17. The zero-order chi connectivity index (χ0) is 21.0. The summed E-state index contributed by atoms with van der Waals surface area (Å²) < 4.78 is 0. The van der Waals surface area contributed by atoms with E-state index in [0.717, 1.165) is 16.0 Å². The first-order chi connectivity index (χ1) is 14.4. The molecule has 1 unspecified atom stereocenters. The Morgan fingerprint density at radius 2 is 2.00 bits per heavy atom. The lowest BCUT2D eigenvalue weighted by atomic mass is 9.99. The van der Waals surface area contributed by atoms with Gasteiger partial charge in [-0.15, -0.1) is 11.3 Å². The predicted octanol–water partition coefficient (Wildman–Crippen LogP) is 1.53. The van der Waals surface area contributed by atoms with Crippen LogP contribution in [0.1, 0.15) is 49.2 Å². The molecule has 4 heterocycles. The smallest absolute Gasteiger partial charge is 0.257 e. The number of nitrogens with one attached hydrogen (secondary N) is 2. The minimum atomic E-state index is -0.322. The van der Waals surface area contributed by atoms with Crippen molar-refractivity contribution in [1.82, 2.24) is 15.1 Å². The van der Waals surface area contributed by atoms with Gasteiger partial charge in [0, 0.05) is 24.0 Å². The first-order valence-electron chi connectivity index (χ1n) is 9.80.